The van der Waals surface area contributed by atoms with Gasteiger partial charge in [0.2, 0.25) is 0 Å². The highest BCUT2D eigenvalue weighted by Crippen LogP contribution is 2.32. The number of hydrogen-bond acceptors (Lipinski definition) is 2. The van der Waals surface area contributed by atoms with Gasteiger partial charge in [-0.1, -0.05) is 31.7 Å². The fourth-order valence-electron chi connectivity index (χ4n) is 3.98. The molecule has 0 spiro atoms. The number of fused-ring (bicyclic) bond motifs is 1. The maximum Gasteiger partial charge on any atom is 0.115 e. The molecule has 0 heterocycles. The van der Waals surface area contributed by atoms with Crippen LogP contribution in [0, 0.1) is 5.92 Å². The number of benzene rings is 1. The average Bonchev–Trinajstić information content (AvgIpc) is 2.96. The lowest BCUT2D eigenvalue weighted by atomic mass is 9.87. The van der Waals surface area contributed by atoms with Crippen LogP contribution in [0.15, 0.2) is 18.2 Å². The summed E-state index contributed by atoms with van der Waals surface area (Å²) >= 11 is 0. The number of phenols is 1. The number of rotatable bonds is 5. The fourth-order valence-corrected chi connectivity index (χ4v) is 3.98. The minimum atomic E-state index is 0.408. The molecule has 20 heavy (non-hydrogen) atoms. The maximum absolute atomic E-state index is 9.59. The van der Waals surface area contributed by atoms with E-state index in [1.807, 2.05) is 12.1 Å². The highest BCUT2D eigenvalue weighted by atomic mass is 16.3. The summed E-state index contributed by atoms with van der Waals surface area (Å²) in [5.41, 5.74) is 2.75. The Kier molecular flexibility index (Phi) is 4.62. The van der Waals surface area contributed by atoms with Gasteiger partial charge in [-0.25, -0.2) is 0 Å². The van der Waals surface area contributed by atoms with Crippen molar-refractivity contribution in [3.63, 3.8) is 0 Å². The third-order valence-corrected chi connectivity index (χ3v) is 5.10. The van der Waals surface area contributed by atoms with Crippen molar-refractivity contribution in [2.75, 3.05) is 6.54 Å². The zero-order valence-corrected chi connectivity index (χ0v) is 12.4. The minimum absolute atomic E-state index is 0.408. The van der Waals surface area contributed by atoms with E-state index in [-0.39, 0.29) is 0 Å². The van der Waals surface area contributed by atoms with Crippen molar-refractivity contribution in [3.05, 3.63) is 29.3 Å². The summed E-state index contributed by atoms with van der Waals surface area (Å²) in [4.78, 5) is 0. The van der Waals surface area contributed by atoms with Crippen molar-refractivity contribution in [2.45, 2.75) is 63.8 Å². The molecule has 0 bridgehead atoms. The van der Waals surface area contributed by atoms with Crippen LogP contribution in [0.25, 0.3) is 0 Å². The second-order valence-corrected chi connectivity index (χ2v) is 6.57. The van der Waals surface area contributed by atoms with Gasteiger partial charge in [0.15, 0.2) is 0 Å². The van der Waals surface area contributed by atoms with Crippen LogP contribution < -0.4 is 5.32 Å². The topological polar surface area (TPSA) is 32.3 Å². The maximum atomic E-state index is 9.59. The Morgan fingerprint density at radius 2 is 1.95 bits per heavy atom. The Hall–Kier alpha value is -1.02. The normalized spacial score (nSPS) is 22.9. The van der Waals surface area contributed by atoms with Crippen LogP contribution in [-0.4, -0.2) is 11.7 Å². The van der Waals surface area contributed by atoms with Gasteiger partial charge >= 0.3 is 0 Å². The van der Waals surface area contributed by atoms with Gasteiger partial charge in [0.1, 0.15) is 5.75 Å². The fraction of sp³-hybridized carbons (Fsp3) is 0.667. The van der Waals surface area contributed by atoms with Gasteiger partial charge in [0, 0.05) is 6.04 Å². The molecule has 0 radical (unpaired) electrons. The Balaban J connectivity index is 1.48. The molecule has 0 saturated heterocycles. The molecular weight excluding hydrogens is 246 g/mol. The van der Waals surface area contributed by atoms with E-state index >= 15 is 0 Å². The predicted molar refractivity (Wildman–Crippen MR) is 83.0 cm³/mol. The molecule has 1 saturated carbocycles. The highest BCUT2D eigenvalue weighted by Gasteiger charge is 2.20. The van der Waals surface area contributed by atoms with E-state index in [1.165, 1.54) is 62.5 Å². The summed E-state index contributed by atoms with van der Waals surface area (Å²) < 4.78 is 0. The quantitative estimate of drug-likeness (QED) is 0.783. The molecule has 0 aromatic heterocycles. The van der Waals surface area contributed by atoms with Crippen LogP contribution in [0.2, 0.25) is 0 Å². The summed E-state index contributed by atoms with van der Waals surface area (Å²) in [5.74, 6) is 1.41. The van der Waals surface area contributed by atoms with Crippen molar-refractivity contribution in [1.82, 2.24) is 5.32 Å². The van der Waals surface area contributed by atoms with E-state index in [0.29, 0.717) is 11.8 Å². The molecule has 110 valence electrons. The molecule has 0 aliphatic heterocycles. The van der Waals surface area contributed by atoms with Gasteiger partial charge in [-0.15, -0.1) is 0 Å². The molecule has 1 unspecified atom stereocenters. The number of phenolic OH excluding ortho intramolecular Hbond substituents is 1. The van der Waals surface area contributed by atoms with Crippen molar-refractivity contribution >= 4 is 0 Å². The average molecular weight is 273 g/mol. The third kappa shape index (κ3) is 3.35. The first-order valence-corrected chi connectivity index (χ1v) is 8.38. The molecular formula is C18H27NO. The smallest absolute Gasteiger partial charge is 0.115 e. The van der Waals surface area contributed by atoms with Gasteiger partial charge in [0.25, 0.3) is 0 Å². The standard InChI is InChI=1S/C18H27NO/c20-16-10-11-17-15(13-16)8-3-9-18(17)19-12-4-7-14-5-1-2-6-14/h10-11,13-14,18-20H,1-9,12H2. The van der Waals surface area contributed by atoms with Crippen molar-refractivity contribution in [3.8, 4) is 5.75 Å². The molecule has 2 nitrogen and oxygen atoms in total. The molecule has 1 atom stereocenters. The molecule has 3 rings (SSSR count). The summed E-state index contributed by atoms with van der Waals surface area (Å²) in [6, 6.07) is 6.39. The Labute approximate surface area is 122 Å². The van der Waals surface area contributed by atoms with Crippen molar-refractivity contribution in [1.29, 1.82) is 0 Å². The molecule has 2 heteroatoms. The van der Waals surface area contributed by atoms with E-state index < -0.39 is 0 Å². The largest absolute Gasteiger partial charge is 0.508 e. The van der Waals surface area contributed by atoms with Gasteiger partial charge in [-0.05, 0) is 67.8 Å². The van der Waals surface area contributed by atoms with E-state index in [2.05, 4.69) is 11.4 Å². The summed E-state index contributed by atoms with van der Waals surface area (Å²) in [6.45, 7) is 1.14. The van der Waals surface area contributed by atoms with E-state index in [0.717, 1.165) is 18.9 Å². The molecule has 0 amide bonds. The van der Waals surface area contributed by atoms with Crippen LogP contribution >= 0.6 is 0 Å². The number of hydrogen-bond donors (Lipinski definition) is 2. The van der Waals surface area contributed by atoms with Gasteiger partial charge in [-0.2, -0.15) is 0 Å². The van der Waals surface area contributed by atoms with Crippen LogP contribution in [0.4, 0.5) is 0 Å². The van der Waals surface area contributed by atoms with E-state index in [1.54, 1.807) is 0 Å². The Bertz CT molecular complexity index is 437. The molecule has 2 N–H and O–H groups in total. The SMILES string of the molecule is Oc1ccc2c(c1)CCCC2NCCCC1CCCC1. The van der Waals surface area contributed by atoms with Gasteiger partial charge < -0.3 is 10.4 Å². The minimum Gasteiger partial charge on any atom is -0.508 e. The monoisotopic (exact) mass is 273 g/mol. The lowest BCUT2D eigenvalue weighted by Gasteiger charge is -2.27. The van der Waals surface area contributed by atoms with Gasteiger partial charge in [-0.3, -0.25) is 0 Å². The molecule has 1 fully saturated rings. The van der Waals surface area contributed by atoms with Gasteiger partial charge in [0.05, 0.1) is 0 Å². The van der Waals surface area contributed by atoms with E-state index in [4.69, 9.17) is 0 Å². The Morgan fingerprint density at radius 1 is 1.10 bits per heavy atom. The molecule has 1 aromatic carbocycles. The van der Waals surface area contributed by atoms with Crippen molar-refractivity contribution < 1.29 is 5.11 Å². The molecule has 1 aromatic rings. The molecule has 2 aliphatic carbocycles. The molecule has 2 aliphatic rings. The second-order valence-electron chi connectivity index (χ2n) is 6.57. The summed E-state index contributed by atoms with van der Waals surface area (Å²) in [5, 5.41) is 13.3. The summed E-state index contributed by atoms with van der Waals surface area (Å²) in [6.07, 6.45) is 12.1. The first kappa shape index (κ1) is 13.9. The first-order chi connectivity index (χ1) is 9.83. The van der Waals surface area contributed by atoms with Crippen LogP contribution in [0.1, 0.15) is 68.5 Å². The lowest BCUT2D eigenvalue weighted by molar-refractivity contribution is 0.420. The second kappa shape index (κ2) is 6.62. The van der Waals surface area contributed by atoms with E-state index in [9.17, 15) is 5.11 Å². The zero-order valence-electron chi connectivity index (χ0n) is 12.4. The zero-order chi connectivity index (χ0) is 13.8. The van der Waals surface area contributed by atoms with Crippen molar-refractivity contribution in [2.24, 2.45) is 5.92 Å². The third-order valence-electron chi connectivity index (χ3n) is 5.10. The van der Waals surface area contributed by atoms with Crippen LogP contribution in [0.5, 0.6) is 5.75 Å². The predicted octanol–water partition coefficient (Wildman–Crippen LogP) is 4.33. The lowest BCUT2D eigenvalue weighted by Crippen LogP contribution is -2.26. The number of nitrogens with one attached hydrogen (secondary N) is 1. The number of aryl methyl sites for hydroxylation is 1. The van der Waals surface area contributed by atoms with Crippen LogP contribution in [0.3, 0.4) is 0 Å². The van der Waals surface area contributed by atoms with Crippen LogP contribution in [-0.2, 0) is 6.42 Å². The highest BCUT2D eigenvalue weighted by molar-refractivity contribution is 5.38. The Morgan fingerprint density at radius 3 is 2.80 bits per heavy atom. The number of aromatic hydroxyl groups is 1. The summed E-state index contributed by atoms with van der Waals surface area (Å²) in [7, 11) is 0. The first-order valence-electron chi connectivity index (χ1n) is 8.38.